The number of nitrogens with zero attached hydrogens (tertiary/aromatic N) is 2. The van der Waals surface area contributed by atoms with Crippen LogP contribution in [0.1, 0.15) is 0 Å². The number of anilines is 1. The number of aromatic nitrogens is 4. The number of aromatic amines is 2. The molecule has 0 spiro atoms. The number of H-pyrrole nitrogens is 2. The maximum Gasteiger partial charge on any atom is 0.694 e. The third-order valence-corrected chi connectivity index (χ3v) is 2.70. The Balaban J connectivity index is 2.14. The van der Waals surface area contributed by atoms with E-state index in [4.69, 9.17) is 15.4 Å². The number of hydrogen-bond acceptors (Lipinski definition) is 7. The molecule has 0 radical (unpaired) electrons. The lowest BCUT2D eigenvalue weighted by atomic mass is 10.5. The van der Waals surface area contributed by atoms with Crippen molar-refractivity contribution in [1.29, 1.82) is 0 Å². The molecule has 0 aromatic carbocycles. The van der Waals surface area contributed by atoms with Gasteiger partial charge in [0.1, 0.15) is 13.3 Å². The van der Waals surface area contributed by atoms with Crippen molar-refractivity contribution in [1.82, 2.24) is 19.5 Å². The van der Waals surface area contributed by atoms with E-state index in [0.29, 0.717) is 0 Å². The van der Waals surface area contributed by atoms with E-state index in [-0.39, 0.29) is 37.1 Å². The fourth-order valence-electron chi connectivity index (χ4n) is 1.51. The zero-order chi connectivity index (χ0) is 14.7. The Bertz CT molecular complexity index is 748. The smallest absolute Gasteiger partial charge is 0.369 e. The fraction of sp³-hybridized carbons (Fsp3) is 0.375. The quantitative estimate of drug-likeness (QED) is 0.375. The molecule has 0 saturated heterocycles. The first-order chi connectivity index (χ1) is 9.49. The summed E-state index contributed by atoms with van der Waals surface area (Å²) in [6.45, 7) is -0.335. The second kappa shape index (κ2) is 5.92. The molecule has 0 amide bonds. The summed E-state index contributed by atoms with van der Waals surface area (Å²) >= 11 is 0. The highest BCUT2D eigenvalue weighted by Gasteiger charge is 2.13. The standard InChI is InChI=1S/C8H10N5O6P/c9-7-11-5-4(6(14)12-7)10-8(15)13(5)3-18-1-2-19-20(16)17/h1-3H2,(H4-,9,10,11,12,14,15,16,17)/p+1. The van der Waals surface area contributed by atoms with Gasteiger partial charge in [0.25, 0.3) is 5.56 Å². The monoisotopic (exact) mass is 304 g/mol. The van der Waals surface area contributed by atoms with Crippen LogP contribution < -0.4 is 17.0 Å². The van der Waals surface area contributed by atoms with Crippen molar-refractivity contribution in [3.8, 4) is 0 Å². The van der Waals surface area contributed by atoms with Gasteiger partial charge >= 0.3 is 13.9 Å². The first kappa shape index (κ1) is 14.3. The number of ether oxygens (including phenoxy) is 1. The number of imidazole rings is 1. The van der Waals surface area contributed by atoms with Gasteiger partial charge in [0.2, 0.25) is 5.95 Å². The number of nitrogens with two attached hydrogens (primary N) is 1. The van der Waals surface area contributed by atoms with Crippen molar-refractivity contribution in [2.75, 3.05) is 18.9 Å². The molecule has 5 N–H and O–H groups in total. The van der Waals surface area contributed by atoms with Crippen molar-refractivity contribution in [3.05, 3.63) is 20.8 Å². The minimum Gasteiger partial charge on any atom is -0.369 e. The molecule has 108 valence electrons. The second-order valence-corrected chi connectivity index (χ2v) is 4.35. The van der Waals surface area contributed by atoms with Gasteiger partial charge in [-0.05, 0) is 0 Å². The van der Waals surface area contributed by atoms with E-state index in [1.165, 1.54) is 0 Å². The molecule has 2 heterocycles. The van der Waals surface area contributed by atoms with Crippen LogP contribution in [0, 0.1) is 0 Å². The van der Waals surface area contributed by atoms with Crippen molar-refractivity contribution in [2.45, 2.75) is 6.73 Å². The number of nitrogen functional groups attached to an aromatic ring is 1. The molecule has 1 atom stereocenters. The van der Waals surface area contributed by atoms with E-state index in [0.717, 1.165) is 4.57 Å². The third-order valence-electron chi connectivity index (χ3n) is 2.30. The summed E-state index contributed by atoms with van der Waals surface area (Å²) in [6, 6.07) is 0. The molecule has 0 saturated carbocycles. The summed E-state index contributed by atoms with van der Waals surface area (Å²) in [7, 11) is -2.68. The zero-order valence-corrected chi connectivity index (χ0v) is 10.9. The Labute approximate surface area is 111 Å². The maximum atomic E-state index is 11.6. The summed E-state index contributed by atoms with van der Waals surface area (Å²) in [4.78, 5) is 40.0. The number of nitrogens with one attached hydrogen (secondary N) is 2. The van der Waals surface area contributed by atoms with Crippen LogP contribution in [0.15, 0.2) is 9.59 Å². The van der Waals surface area contributed by atoms with Gasteiger partial charge in [0.15, 0.2) is 11.2 Å². The Hall–Kier alpha value is -2.07. The normalized spacial score (nSPS) is 11.9. The molecule has 0 aliphatic heterocycles. The first-order valence-electron chi connectivity index (χ1n) is 5.34. The highest BCUT2D eigenvalue weighted by molar-refractivity contribution is 7.32. The molecule has 2 aromatic heterocycles. The average Bonchev–Trinajstić information content (AvgIpc) is 2.66. The molecule has 0 aliphatic carbocycles. The molecule has 2 aromatic rings. The molecule has 11 nitrogen and oxygen atoms in total. The van der Waals surface area contributed by atoms with E-state index in [2.05, 4.69) is 19.5 Å². The van der Waals surface area contributed by atoms with Crippen LogP contribution in [0.4, 0.5) is 5.95 Å². The Morgan fingerprint density at radius 2 is 2.10 bits per heavy atom. The third kappa shape index (κ3) is 3.08. The Kier molecular flexibility index (Phi) is 4.25. The minimum absolute atomic E-state index is 0.0116. The van der Waals surface area contributed by atoms with Crippen LogP contribution in [0.3, 0.4) is 0 Å². The average molecular weight is 304 g/mol. The fourth-order valence-corrected chi connectivity index (χ4v) is 1.74. The van der Waals surface area contributed by atoms with Gasteiger partial charge in [-0.1, -0.05) is 0 Å². The van der Waals surface area contributed by atoms with Gasteiger partial charge in [-0.25, -0.2) is 4.79 Å². The van der Waals surface area contributed by atoms with Gasteiger partial charge in [0, 0.05) is 4.57 Å². The SMILES string of the molecule is Nc1nc2c([nH]c(=O)n2COCCO[P+](=O)O)c(=O)[nH]1. The van der Waals surface area contributed by atoms with Crippen LogP contribution in [0.2, 0.25) is 0 Å². The van der Waals surface area contributed by atoms with Gasteiger partial charge in [0.05, 0.1) is 6.61 Å². The molecule has 1 unspecified atom stereocenters. The second-order valence-electron chi connectivity index (χ2n) is 3.62. The summed E-state index contributed by atoms with van der Waals surface area (Å²) in [6.07, 6.45) is 0. The van der Waals surface area contributed by atoms with Gasteiger partial charge < -0.3 is 10.5 Å². The van der Waals surface area contributed by atoms with E-state index >= 15 is 0 Å². The molecular formula is C8H11N5O6P+. The highest BCUT2D eigenvalue weighted by Crippen LogP contribution is 2.13. The van der Waals surface area contributed by atoms with E-state index in [1.807, 2.05) is 0 Å². The lowest BCUT2D eigenvalue weighted by Crippen LogP contribution is -2.19. The number of rotatable bonds is 6. The van der Waals surface area contributed by atoms with Crippen molar-refractivity contribution in [2.24, 2.45) is 0 Å². The topological polar surface area (TPSA) is 165 Å². The molecule has 20 heavy (non-hydrogen) atoms. The van der Waals surface area contributed by atoms with Crippen LogP contribution in [0.5, 0.6) is 0 Å². The van der Waals surface area contributed by atoms with Gasteiger partial charge in [-0.15, -0.1) is 9.42 Å². The Morgan fingerprint density at radius 1 is 1.35 bits per heavy atom. The van der Waals surface area contributed by atoms with Gasteiger partial charge in [-0.2, -0.15) is 4.98 Å². The van der Waals surface area contributed by atoms with Crippen molar-refractivity contribution >= 4 is 25.4 Å². The van der Waals surface area contributed by atoms with Gasteiger partial charge in [-0.3, -0.25) is 19.3 Å². The molecule has 0 fully saturated rings. The lowest BCUT2D eigenvalue weighted by molar-refractivity contribution is 0.0533. The molecule has 2 rings (SSSR count). The zero-order valence-electron chi connectivity index (χ0n) is 10.0. The van der Waals surface area contributed by atoms with E-state index in [1.54, 1.807) is 0 Å². The van der Waals surface area contributed by atoms with Crippen molar-refractivity contribution < 1.29 is 18.7 Å². The predicted molar refractivity (Wildman–Crippen MR) is 67.1 cm³/mol. The molecule has 12 heteroatoms. The van der Waals surface area contributed by atoms with Crippen LogP contribution in [0.25, 0.3) is 11.2 Å². The number of fused-ring (bicyclic) bond motifs is 1. The van der Waals surface area contributed by atoms with E-state index in [9.17, 15) is 14.2 Å². The summed E-state index contributed by atoms with van der Waals surface area (Å²) in [5, 5.41) is 0. The number of hydrogen-bond donors (Lipinski definition) is 4. The predicted octanol–water partition coefficient (Wildman–Crippen LogP) is -1.36. The summed E-state index contributed by atoms with van der Waals surface area (Å²) < 4.78 is 20.8. The maximum absolute atomic E-state index is 11.6. The highest BCUT2D eigenvalue weighted by atomic mass is 31.1. The molecule has 0 bridgehead atoms. The van der Waals surface area contributed by atoms with Crippen molar-refractivity contribution in [3.63, 3.8) is 0 Å². The van der Waals surface area contributed by atoms with Crippen LogP contribution in [-0.4, -0.2) is 37.6 Å². The van der Waals surface area contributed by atoms with Crippen LogP contribution >= 0.6 is 8.25 Å². The summed E-state index contributed by atoms with van der Waals surface area (Å²) in [5.74, 6) is -0.129. The largest absolute Gasteiger partial charge is 0.694 e. The van der Waals surface area contributed by atoms with E-state index < -0.39 is 19.5 Å². The lowest BCUT2D eigenvalue weighted by Gasteiger charge is -2.03. The van der Waals surface area contributed by atoms with Crippen LogP contribution in [-0.2, 0) is 20.6 Å². The summed E-state index contributed by atoms with van der Waals surface area (Å²) in [5.41, 5.74) is 4.29. The Morgan fingerprint density at radius 3 is 2.80 bits per heavy atom. The minimum atomic E-state index is -2.68. The molecule has 0 aliphatic rings. The first-order valence-corrected chi connectivity index (χ1v) is 6.47. The molecular weight excluding hydrogens is 293 g/mol.